The maximum absolute atomic E-state index is 6.08. The minimum Gasteiger partial charge on any atom is -0.488 e. The van der Waals surface area contributed by atoms with Gasteiger partial charge in [-0.25, -0.2) is 4.98 Å². The van der Waals surface area contributed by atoms with Gasteiger partial charge in [-0.2, -0.15) is 0 Å². The Morgan fingerprint density at radius 3 is 2.65 bits per heavy atom. The van der Waals surface area contributed by atoms with Gasteiger partial charge < -0.3 is 9.47 Å². The first-order valence-electron chi connectivity index (χ1n) is 7.20. The molecule has 0 aliphatic carbocycles. The van der Waals surface area contributed by atoms with Gasteiger partial charge in [0.05, 0.1) is 23.0 Å². The topological polar surface area (TPSA) is 31.4 Å². The highest BCUT2D eigenvalue weighted by Crippen LogP contribution is 2.28. The van der Waals surface area contributed by atoms with Crippen LogP contribution in [-0.4, -0.2) is 18.2 Å². The average Bonchev–Trinajstić information content (AvgIpc) is 2.51. The number of ether oxygens (including phenoxy) is 2. The molecule has 0 bridgehead atoms. The zero-order chi connectivity index (χ0) is 17.0. The second-order valence-electron chi connectivity index (χ2n) is 5.40. The molecular weight excluding hydrogens is 492 g/mol. The second-order valence-corrected chi connectivity index (χ2v) is 7.85. The first-order valence-corrected chi connectivity index (χ1v) is 9.45. The second kappa shape index (κ2) is 8.53. The predicted molar refractivity (Wildman–Crippen MR) is 106 cm³/mol. The van der Waals surface area contributed by atoms with Gasteiger partial charge in [0.25, 0.3) is 0 Å². The van der Waals surface area contributed by atoms with Crippen LogP contribution >= 0.6 is 50.1 Å². The van der Waals surface area contributed by atoms with Gasteiger partial charge in [-0.15, -0.1) is 0 Å². The van der Waals surface area contributed by atoms with E-state index in [1.807, 2.05) is 24.3 Å². The van der Waals surface area contributed by atoms with Crippen LogP contribution in [0.2, 0.25) is 5.02 Å². The molecule has 1 aromatic heterocycles. The van der Waals surface area contributed by atoms with E-state index in [4.69, 9.17) is 21.1 Å². The summed E-state index contributed by atoms with van der Waals surface area (Å²) in [5.74, 6) is 1.71. The molecule has 2 rings (SSSR count). The van der Waals surface area contributed by atoms with Crippen molar-refractivity contribution in [2.75, 3.05) is 7.11 Å². The van der Waals surface area contributed by atoms with Crippen LogP contribution in [0.1, 0.15) is 19.4 Å². The third kappa shape index (κ3) is 5.22. The van der Waals surface area contributed by atoms with Gasteiger partial charge in [0.2, 0.25) is 5.88 Å². The summed E-state index contributed by atoms with van der Waals surface area (Å²) in [5, 5.41) is 0.733. The summed E-state index contributed by atoms with van der Waals surface area (Å²) in [7, 11) is 1.60. The number of pyridine rings is 1. The summed E-state index contributed by atoms with van der Waals surface area (Å²) in [6, 6.07) is 7.75. The molecule has 1 heterocycles. The Morgan fingerprint density at radius 1 is 1.30 bits per heavy atom. The molecule has 23 heavy (non-hydrogen) atoms. The number of benzene rings is 1. The number of hydrogen-bond acceptors (Lipinski definition) is 3. The van der Waals surface area contributed by atoms with Crippen LogP contribution in [-0.2, 0) is 6.42 Å². The Morgan fingerprint density at radius 2 is 2.04 bits per heavy atom. The van der Waals surface area contributed by atoms with Crippen molar-refractivity contribution in [3.8, 4) is 11.6 Å². The predicted octanol–water partition coefficient (Wildman–Crippen LogP) is 5.76. The molecule has 0 spiro atoms. The molecule has 6 heteroatoms. The van der Waals surface area contributed by atoms with Gasteiger partial charge in [-0.05, 0) is 59.5 Å². The molecule has 0 aliphatic heterocycles. The number of nitrogens with zero attached hydrogens (tertiary/aromatic N) is 1. The number of hydrogen-bond donors (Lipinski definition) is 0. The zero-order valence-electron chi connectivity index (χ0n) is 13.1. The largest absolute Gasteiger partial charge is 0.488 e. The Bertz CT molecular complexity index is 684. The van der Waals surface area contributed by atoms with Gasteiger partial charge in [-0.1, -0.05) is 40.5 Å². The molecule has 0 fully saturated rings. The Balaban J connectivity index is 2.03. The van der Waals surface area contributed by atoms with Crippen molar-refractivity contribution in [3.05, 3.63) is 49.1 Å². The van der Waals surface area contributed by atoms with E-state index in [1.165, 1.54) is 5.56 Å². The lowest BCUT2D eigenvalue weighted by molar-refractivity contribution is 0.158. The summed E-state index contributed by atoms with van der Waals surface area (Å²) < 4.78 is 13.2. The van der Waals surface area contributed by atoms with Crippen molar-refractivity contribution in [3.63, 3.8) is 0 Å². The number of aromatic nitrogens is 1. The fourth-order valence-electron chi connectivity index (χ4n) is 2.12. The van der Waals surface area contributed by atoms with Crippen molar-refractivity contribution in [1.29, 1.82) is 0 Å². The van der Waals surface area contributed by atoms with E-state index in [0.29, 0.717) is 11.8 Å². The van der Waals surface area contributed by atoms with E-state index in [9.17, 15) is 0 Å². The molecule has 1 aromatic carbocycles. The van der Waals surface area contributed by atoms with Crippen LogP contribution in [0.15, 0.2) is 34.9 Å². The maximum Gasteiger partial charge on any atom is 0.214 e. The van der Waals surface area contributed by atoms with Gasteiger partial charge in [0, 0.05) is 15.6 Å². The highest BCUT2D eigenvalue weighted by molar-refractivity contribution is 14.1. The quantitative estimate of drug-likeness (QED) is 0.464. The highest BCUT2D eigenvalue weighted by Gasteiger charge is 2.17. The van der Waals surface area contributed by atoms with Gasteiger partial charge in [-0.3, -0.25) is 0 Å². The fourth-order valence-corrected chi connectivity index (χ4v) is 3.49. The van der Waals surface area contributed by atoms with E-state index in [1.54, 1.807) is 13.3 Å². The molecule has 124 valence electrons. The number of halogens is 3. The summed E-state index contributed by atoms with van der Waals surface area (Å²) in [6.07, 6.45) is 2.67. The Labute approximate surface area is 164 Å². The van der Waals surface area contributed by atoms with Gasteiger partial charge >= 0.3 is 0 Å². The summed E-state index contributed by atoms with van der Waals surface area (Å²) in [6.45, 7) is 4.25. The lowest BCUT2D eigenvalue weighted by Crippen LogP contribution is -2.23. The van der Waals surface area contributed by atoms with Crippen molar-refractivity contribution in [2.45, 2.75) is 26.4 Å². The minimum absolute atomic E-state index is 0.0567. The fraction of sp³-hybridized carbons (Fsp3) is 0.353. The van der Waals surface area contributed by atoms with Crippen LogP contribution < -0.4 is 9.47 Å². The first-order chi connectivity index (χ1) is 10.9. The van der Waals surface area contributed by atoms with Crippen LogP contribution in [0.5, 0.6) is 11.6 Å². The zero-order valence-corrected chi connectivity index (χ0v) is 17.6. The van der Waals surface area contributed by atoms with Crippen molar-refractivity contribution in [2.24, 2.45) is 5.92 Å². The van der Waals surface area contributed by atoms with Gasteiger partial charge in [0.1, 0.15) is 0 Å². The van der Waals surface area contributed by atoms with E-state index >= 15 is 0 Å². The summed E-state index contributed by atoms with van der Waals surface area (Å²) in [4.78, 5) is 4.20. The van der Waals surface area contributed by atoms with Crippen LogP contribution in [0, 0.1) is 9.49 Å². The molecule has 0 radical (unpaired) electrons. The highest BCUT2D eigenvalue weighted by atomic mass is 127. The SMILES string of the molecule is COc1cc(I)c(OC(C)C(C)Cc2ccc(Cl)cc2Br)cn1. The molecule has 2 atom stereocenters. The van der Waals surface area contributed by atoms with E-state index in [0.717, 1.165) is 25.2 Å². The first kappa shape index (κ1) is 18.8. The maximum atomic E-state index is 6.08. The lowest BCUT2D eigenvalue weighted by Gasteiger charge is -2.22. The Hall–Kier alpha value is -0.530. The molecular formula is C17H18BrClINO2. The third-order valence-electron chi connectivity index (χ3n) is 3.67. The lowest BCUT2D eigenvalue weighted by atomic mass is 9.96. The molecule has 0 amide bonds. The summed E-state index contributed by atoms with van der Waals surface area (Å²) >= 11 is 11.8. The molecule has 0 aliphatic rings. The van der Waals surface area contributed by atoms with Gasteiger partial charge in [0.15, 0.2) is 5.75 Å². The average molecular weight is 511 g/mol. The number of methoxy groups -OCH3 is 1. The monoisotopic (exact) mass is 509 g/mol. The summed E-state index contributed by atoms with van der Waals surface area (Å²) in [5.41, 5.74) is 1.22. The van der Waals surface area contributed by atoms with Crippen LogP contribution in [0.25, 0.3) is 0 Å². The van der Waals surface area contributed by atoms with Crippen molar-refractivity contribution >= 4 is 50.1 Å². The molecule has 0 saturated carbocycles. The van der Waals surface area contributed by atoms with Crippen molar-refractivity contribution < 1.29 is 9.47 Å². The smallest absolute Gasteiger partial charge is 0.214 e. The molecule has 2 unspecified atom stereocenters. The normalized spacial score (nSPS) is 13.5. The van der Waals surface area contributed by atoms with Crippen molar-refractivity contribution in [1.82, 2.24) is 4.98 Å². The van der Waals surface area contributed by atoms with E-state index in [-0.39, 0.29) is 6.10 Å². The molecule has 0 saturated heterocycles. The standard InChI is InChI=1S/C17H18BrClINO2/c1-10(6-12-4-5-13(19)7-14(12)18)11(2)23-16-9-21-17(22-3)8-15(16)20/h4-5,7-11H,6H2,1-3H3. The number of rotatable bonds is 6. The van der Waals surface area contributed by atoms with Crippen LogP contribution in [0.4, 0.5) is 0 Å². The van der Waals surface area contributed by atoms with Crippen LogP contribution in [0.3, 0.4) is 0 Å². The Kier molecular flexibility index (Phi) is 6.98. The minimum atomic E-state index is 0.0567. The molecule has 2 aromatic rings. The van der Waals surface area contributed by atoms with E-state index in [2.05, 4.69) is 57.4 Å². The third-order valence-corrected chi connectivity index (χ3v) is 5.49. The molecule has 3 nitrogen and oxygen atoms in total. The molecule has 0 N–H and O–H groups in total. The van der Waals surface area contributed by atoms with E-state index < -0.39 is 0 Å².